The van der Waals surface area contributed by atoms with Crippen LogP contribution in [0, 0.1) is 20.8 Å². The monoisotopic (exact) mass is 281 g/mol. The standard InChI is InChI=1S/C19H23NO/c1-14-7-10-17(11-8-14)5-4-6-19(21)20-18-12-9-15(2)13-16(18)3/h7-13H,4-6H2,1-3H3,(H,20,21). The van der Waals surface area contributed by atoms with Crippen LogP contribution in [0.3, 0.4) is 0 Å². The van der Waals surface area contributed by atoms with Gasteiger partial charge in [-0.3, -0.25) is 4.79 Å². The highest BCUT2D eigenvalue weighted by molar-refractivity contribution is 5.91. The van der Waals surface area contributed by atoms with Crippen molar-refractivity contribution in [3.8, 4) is 0 Å². The average molecular weight is 281 g/mol. The summed E-state index contributed by atoms with van der Waals surface area (Å²) in [6.45, 7) is 6.16. The van der Waals surface area contributed by atoms with Crippen molar-refractivity contribution in [2.75, 3.05) is 5.32 Å². The van der Waals surface area contributed by atoms with Crippen LogP contribution in [0.15, 0.2) is 42.5 Å². The molecule has 2 nitrogen and oxygen atoms in total. The molecular weight excluding hydrogens is 258 g/mol. The second kappa shape index (κ2) is 7.07. The average Bonchev–Trinajstić information content (AvgIpc) is 2.44. The van der Waals surface area contributed by atoms with Gasteiger partial charge in [-0.1, -0.05) is 47.5 Å². The van der Waals surface area contributed by atoms with Gasteiger partial charge in [0.25, 0.3) is 0 Å². The van der Waals surface area contributed by atoms with Gasteiger partial charge in [-0.05, 0) is 50.8 Å². The van der Waals surface area contributed by atoms with Crippen molar-refractivity contribution in [1.29, 1.82) is 0 Å². The number of aryl methyl sites for hydroxylation is 4. The molecule has 2 aromatic carbocycles. The van der Waals surface area contributed by atoms with Gasteiger partial charge in [0.05, 0.1) is 0 Å². The van der Waals surface area contributed by atoms with Crippen molar-refractivity contribution in [2.24, 2.45) is 0 Å². The van der Waals surface area contributed by atoms with Crippen LogP contribution in [0.2, 0.25) is 0 Å². The number of anilines is 1. The molecule has 0 bridgehead atoms. The molecule has 0 aromatic heterocycles. The van der Waals surface area contributed by atoms with Crippen molar-refractivity contribution >= 4 is 11.6 Å². The molecule has 0 fully saturated rings. The molecule has 2 aromatic rings. The molecule has 21 heavy (non-hydrogen) atoms. The Morgan fingerprint density at radius 2 is 1.62 bits per heavy atom. The van der Waals surface area contributed by atoms with Crippen LogP contribution in [0.25, 0.3) is 0 Å². The number of rotatable bonds is 5. The van der Waals surface area contributed by atoms with E-state index in [1.54, 1.807) is 0 Å². The van der Waals surface area contributed by atoms with Gasteiger partial charge in [0.2, 0.25) is 5.91 Å². The van der Waals surface area contributed by atoms with E-state index in [1.165, 1.54) is 16.7 Å². The zero-order chi connectivity index (χ0) is 15.2. The van der Waals surface area contributed by atoms with E-state index in [4.69, 9.17) is 0 Å². The topological polar surface area (TPSA) is 29.1 Å². The summed E-state index contributed by atoms with van der Waals surface area (Å²) in [5, 5.41) is 2.99. The van der Waals surface area contributed by atoms with E-state index < -0.39 is 0 Å². The molecule has 0 spiro atoms. The Balaban J connectivity index is 1.81. The normalized spacial score (nSPS) is 10.4. The molecule has 0 saturated carbocycles. The van der Waals surface area contributed by atoms with E-state index >= 15 is 0 Å². The Labute approximate surface area is 127 Å². The number of carbonyl (C=O) groups excluding carboxylic acids is 1. The van der Waals surface area contributed by atoms with E-state index in [2.05, 4.69) is 49.5 Å². The minimum absolute atomic E-state index is 0.0917. The molecule has 0 unspecified atom stereocenters. The molecule has 0 aliphatic rings. The van der Waals surface area contributed by atoms with Crippen LogP contribution in [0.1, 0.15) is 35.1 Å². The van der Waals surface area contributed by atoms with Crippen molar-refractivity contribution < 1.29 is 4.79 Å². The van der Waals surface area contributed by atoms with E-state index in [-0.39, 0.29) is 5.91 Å². The Morgan fingerprint density at radius 3 is 2.29 bits per heavy atom. The van der Waals surface area contributed by atoms with Crippen LogP contribution in [0.4, 0.5) is 5.69 Å². The second-order valence-corrected chi connectivity index (χ2v) is 5.71. The number of benzene rings is 2. The third kappa shape index (κ3) is 4.75. The van der Waals surface area contributed by atoms with E-state index in [0.717, 1.165) is 24.1 Å². The van der Waals surface area contributed by atoms with Crippen molar-refractivity contribution in [2.45, 2.75) is 40.0 Å². The summed E-state index contributed by atoms with van der Waals surface area (Å²) in [6.07, 6.45) is 2.38. The van der Waals surface area contributed by atoms with Gasteiger partial charge in [-0.15, -0.1) is 0 Å². The summed E-state index contributed by atoms with van der Waals surface area (Å²) in [7, 11) is 0. The first-order chi connectivity index (χ1) is 10.0. The molecule has 1 amide bonds. The van der Waals surface area contributed by atoms with Crippen molar-refractivity contribution in [3.63, 3.8) is 0 Å². The van der Waals surface area contributed by atoms with Crippen molar-refractivity contribution in [1.82, 2.24) is 0 Å². The lowest BCUT2D eigenvalue weighted by molar-refractivity contribution is -0.116. The molecule has 110 valence electrons. The Bertz CT molecular complexity index is 614. The first-order valence-electron chi connectivity index (χ1n) is 7.47. The van der Waals surface area contributed by atoms with Gasteiger partial charge >= 0.3 is 0 Å². The Morgan fingerprint density at radius 1 is 0.952 bits per heavy atom. The quantitative estimate of drug-likeness (QED) is 0.854. The lowest BCUT2D eigenvalue weighted by Gasteiger charge is -2.09. The number of nitrogens with one attached hydrogen (secondary N) is 1. The van der Waals surface area contributed by atoms with Gasteiger partial charge in [-0.25, -0.2) is 0 Å². The lowest BCUT2D eigenvalue weighted by Crippen LogP contribution is -2.12. The smallest absolute Gasteiger partial charge is 0.224 e. The second-order valence-electron chi connectivity index (χ2n) is 5.71. The minimum atomic E-state index is 0.0917. The van der Waals surface area contributed by atoms with Crippen LogP contribution in [-0.4, -0.2) is 5.91 Å². The predicted octanol–water partition coefficient (Wildman–Crippen LogP) is 4.57. The van der Waals surface area contributed by atoms with Crippen LogP contribution in [0.5, 0.6) is 0 Å². The molecular formula is C19H23NO. The van der Waals surface area contributed by atoms with Gasteiger partial charge in [0.15, 0.2) is 0 Å². The summed E-state index contributed by atoms with van der Waals surface area (Å²) in [6, 6.07) is 14.6. The van der Waals surface area contributed by atoms with Crippen LogP contribution >= 0.6 is 0 Å². The predicted molar refractivity (Wildman–Crippen MR) is 88.7 cm³/mol. The number of amides is 1. The van der Waals surface area contributed by atoms with Gasteiger partial charge in [0.1, 0.15) is 0 Å². The Kier molecular flexibility index (Phi) is 5.15. The molecule has 2 rings (SSSR count). The van der Waals surface area contributed by atoms with Crippen LogP contribution < -0.4 is 5.32 Å². The maximum Gasteiger partial charge on any atom is 0.224 e. The first kappa shape index (κ1) is 15.3. The summed E-state index contributed by atoms with van der Waals surface area (Å²) in [5.74, 6) is 0.0917. The number of hydrogen-bond donors (Lipinski definition) is 1. The largest absolute Gasteiger partial charge is 0.326 e. The van der Waals surface area contributed by atoms with E-state index in [0.29, 0.717) is 6.42 Å². The molecule has 0 radical (unpaired) electrons. The zero-order valence-electron chi connectivity index (χ0n) is 13.1. The zero-order valence-corrected chi connectivity index (χ0v) is 13.1. The molecule has 0 saturated heterocycles. The molecule has 0 aliphatic carbocycles. The molecule has 1 N–H and O–H groups in total. The third-order valence-corrected chi connectivity index (χ3v) is 3.65. The highest BCUT2D eigenvalue weighted by Crippen LogP contribution is 2.16. The molecule has 0 aliphatic heterocycles. The summed E-state index contributed by atoms with van der Waals surface area (Å²) >= 11 is 0. The molecule has 2 heteroatoms. The van der Waals surface area contributed by atoms with Crippen LogP contribution in [-0.2, 0) is 11.2 Å². The fourth-order valence-electron chi connectivity index (χ4n) is 2.37. The van der Waals surface area contributed by atoms with E-state index in [9.17, 15) is 4.79 Å². The van der Waals surface area contributed by atoms with Gasteiger partial charge < -0.3 is 5.32 Å². The molecule has 0 atom stereocenters. The fraction of sp³-hybridized carbons (Fsp3) is 0.316. The highest BCUT2D eigenvalue weighted by Gasteiger charge is 2.05. The SMILES string of the molecule is Cc1ccc(CCCC(=O)Nc2ccc(C)cc2C)cc1. The van der Waals surface area contributed by atoms with E-state index in [1.807, 2.05) is 19.1 Å². The summed E-state index contributed by atoms with van der Waals surface area (Å²) < 4.78 is 0. The first-order valence-corrected chi connectivity index (χ1v) is 7.47. The fourth-order valence-corrected chi connectivity index (χ4v) is 2.37. The summed E-state index contributed by atoms with van der Waals surface area (Å²) in [4.78, 5) is 12.0. The highest BCUT2D eigenvalue weighted by atomic mass is 16.1. The minimum Gasteiger partial charge on any atom is -0.326 e. The maximum atomic E-state index is 12.0. The Hall–Kier alpha value is -2.09. The van der Waals surface area contributed by atoms with Gasteiger partial charge in [0, 0.05) is 12.1 Å². The number of carbonyl (C=O) groups is 1. The van der Waals surface area contributed by atoms with Gasteiger partial charge in [-0.2, -0.15) is 0 Å². The lowest BCUT2D eigenvalue weighted by atomic mass is 10.1. The molecule has 0 heterocycles. The number of hydrogen-bond acceptors (Lipinski definition) is 1. The summed E-state index contributed by atoms with van der Waals surface area (Å²) in [5.41, 5.74) is 5.80. The third-order valence-electron chi connectivity index (χ3n) is 3.65. The van der Waals surface area contributed by atoms with Crippen molar-refractivity contribution in [3.05, 3.63) is 64.7 Å². The maximum absolute atomic E-state index is 12.0.